The third kappa shape index (κ3) is 1.18. The summed E-state index contributed by atoms with van der Waals surface area (Å²) in [6.45, 7) is 1.83. The minimum absolute atomic E-state index is 0.0172. The number of hydrogen-bond acceptors (Lipinski definition) is 4. The second kappa shape index (κ2) is 2.62. The average molecular weight is 179 g/mol. The number of rotatable bonds is 0. The maximum Gasteiger partial charge on any atom is 0.262 e. The van der Waals surface area contributed by atoms with Crippen LogP contribution >= 0.6 is 0 Å². The Kier molecular flexibility index (Phi) is 1.58. The number of carbonyl (C=O) groups excluding carboxylic acids is 1. The third-order valence-electron chi connectivity index (χ3n) is 1.95. The van der Waals surface area contributed by atoms with E-state index in [1.54, 1.807) is 0 Å². The summed E-state index contributed by atoms with van der Waals surface area (Å²) in [5.74, 6) is 0.259. The van der Waals surface area contributed by atoms with Crippen molar-refractivity contribution in [2.75, 3.05) is 17.7 Å². The fourth-order valence-electron chi connectivity index (χ4n) is 1.16. The van der Waals surface area contributed by atoms with E-state index in [-0.39, 0.29) is 12.5 Å². The molecule has 0 unspecified atom stereocenters. The smallest absolute Gasteiger partial charge is 0.262 e. The van der Waals surface area contributed by atoms with Gasteiger partial charge >= 0.3 is 0 Å². The zero-order chi connectivity index (χ0) is 9.42. The van der Waals surface area contributed by atoms with E-state index in [4.69, 9.17) is 10.5 Å². The van der Waals surface area contributed by atoms with E-state index < -0.39 is 0 Å². The quantitative estimate of drug-likeness (QED) is 0.600. The molecule has 0 aliphatic carbocycles. The number of nitrogens with zero attached hydrogens (tertiary/aromatic N) is 1. The first-order valence-corrected chi connectivity index (χ1v) is 3.86. The number of ether oxygens (including phenoxy) is 1. The number of nitrogen functional groups attached to an aromatic ring is 1. The van der Waals surface area contributed by atoms with Crippen LogP contribution in [-0.4, -0.2) is 17.5 Å². The zero-order valence-corrected chi connectivity index (χ0v) is 7.13. The fourth-order valence-corrected chi connectivity index (χ4v) is 1.16. The molecule has 0 aromatic carbocycles. The molecule has 2 heterocycles. The summed E-state index contributed by atoms with van der Waals surface area (Å²) in [7, 11) is 0. The Hall–Kier alpha value is -1.78. The van der Waals surface area contributed by atoms with Gasteiger partial charge in [0.15, 0.2) is 6.61 Å². The number of carbonyl (C=O) groups is 1. The van der Waals surface area contributed by atoms with Gasteiger partial charge in [0, 0.05) is 5.56 Å². The number of pyridine rings is 1. The van der Waals surface area contributed by atoms with Crippen molar-refractivity contribution in [3.05, 3.63) is 11.8 Å². The van der Waals surface area contributed by atoms with Crippen molar-refractivity contribution in [2.24, 2.45) is 0 Å². The molecule has 0 bridgehead atoms. The third-order valence-corrected chi connectivity index (χ3v) is 1.95. The number of aromatic nitrogens is 1. The number of amides is 1. The van der Waals surface area contributed by atoms with E-state index in [9.17, 15) is 4.79 Å². The van der Waals surface area contributed by atoms with Crippen LogP contribution < -0.4 is 15.8 Å². The number of fused-ring (bicyclic) bond motifs is 1. The van der Waals surface area contributed by atoms with E-state index in [0.717, 1.165) is 5.56 Å². The van der Waals surface area contributed by atoms with Gasteiger partial charge in [0.05, 0.1) is 11.9 Å². The van der Waals surface area contributed by atoms with Crippen LogP contribution in [0.1, 0.15) is 5.56 Å². The van der Waals surface area contributed by atoms with Crippen LogP contribution in [-0.2, 0) is 4.79 Å². The molecule has 0 fully saturated rings. The Balaban J connectivity index is 2.54. The normalized spacial score (nSPS) is 14.4. The lowest BCUT2D eigenvalue weighted by molar-refractivity contribution is -0.118. The standard InChI is InChI=1S/C8H9N3O2/c1-4-5(9)2-10-8-7(4)11-6(12)3-13-8/h2H,3,9H2,1H3,(H,11,12). The minimum atomic E-state index is -0.178. The summed E-state index contributed by atoms with van der Waals surface area (Å²) < 4.78 is 5.09. The summed E-state index contributed by atoms with van der Waals surface area (Å²) in [4.78, 5) is 14.9. The molecule has 3 N–H and O–H groups in total. The fraction of sp³-hybridized carbons (Fsp3) is 0.250. The molecule has 1 aromatic rings. The molecule has 13 heavy (non-hydrogen) atoms. The van der Waals surface area contributed by atoms with Crippen LogP contribution in [0, 0.1) is 6.92 Å². The lowest BCUT2D eigenvalue weighted by atomic mass is 10.2. The van der Waals surface area contributed by atoms with Crippen molar-refractivity contribution in [2.45, 2.75) is 6.92 Å². The van der Waals surface area contributed by atoms with Crippen LogP contribution in [0.2, 0.25) is 0 Å². The molecule has 0 atom stereocenters. The number of nitrogens with two attached hydrogens (primary N) is 1. The highest BCUT2D eigenvalue weighted by atomic mass is 16.5. The van der Waals surface area contributed by atoms with E-state index in [1.807, 2.05) is 6.92 Å². The summed E-state index contributed by atoms with van der Waals surface area (Å²) in [5, 5.41) is 2.66. The SMILES string of the molecule is Cc1c(N)cnc2c1NC(=O)CO2. The molecule has 0 radical (unpaired) electrons. The Morgan fingerprint density at radius 2 is 2.46 bits per heavy atom. The summed E-state index contributed by atoms with van der Waals surface area (Å²) >= 11 is 0. The van der Waals surface area contributed by atoms with Crippen molar-refractivity contribution in [3.63, 3.8) is 0 Å². The van der Waals surface area contributed by atoms with Crippen molar-refractivity contribution in [1.29, 1.82) is 0 Å². The van der Waals surface area contributed by atoms with Crippen molar-refractivity contribution < 1.29 is 9.53 Å². The monoisotopic (exact) mass is 179 g/mol. The first kappa shape index (κ1) is 7.85. The summed E-state index contributed by atoms with van der Waals surface area (Å²) in [6, 6.07) is 0. The van der Waals surface area contributed by atoms with Gasteiger partial charge in [-0.25, -0.2) is 4.98 Å². The molecule has 5 nitrogen and oxygen atoms in total. The molecule has 1 aliphatic rings. The predicted molar refractivity (Wildman–Crippen MR) is 47.5 cm³/mol. The number of hydrogen-bond donors (Lipinski definition) is 2. The van der Waals surface area contributed by atoms with Crippen molar-refractivity contribution in [1.82, 2.24) is 4.98 Å². The molecule has 1 aliphatic heterocycles. The predicted octanol–water partition coefficient (Wildman–Crippen LogP) is 0.303. The Morgan fingerprint density at radius 1 is 1.69 bits per heavy atom. The molecule has 1 aromatic heterocycles. The maximum absolute atomic E-state index is 11.0. The minimum Gasteiger partial charge on any atom is -0.466 e. The van der Waals surface area contributed by atoms with Gasteiger partial charge in [0.1, 0.15) is 5.69 Å². The first-order chi connectivity index (χ1) is 6.18. The highest BCUT2D eigenvalue weighted by Gasteiger charge is 2.19. The van der Waals surface area contributed by atoms with Crippen LogP contribution in [0.4, 0.5) is 11.4 Å². The van der Waals surface area contributed by atoms with Gasteiger partial charge < -0.3 is 15.8 Å². The van der Waals surface area contributed by atoms with Gasteiger partial charge in [-0.15, -0.1) is 0 Å². The molecular weight excluding hydrogens is 170 g/mol. The van der Waals surface area contributed by atoms with Crippen LogP contribution in [0.5, 0.6) is 5.88 Å². The topological polar surface area (TPSA) is 77.2 Å². The highest BCUT2D eigenvalue weighted by molar-refractivity contribution is 5.96. The van der Waals surface area contributed by atoms with Gasteiger partial charge in [-0.05, 0) is 6.92 Å². The molecule has 0 spiro atoms. The van der Waals surface area contributed by atoms with Crippen molar-refractivity contribution in [3.8, 4) is 5.88 Å². The Labute approximate surface area is 74.9 Å². The first-order valence-electron chi connectivity index (χ1n) is 3.86. The van der Waals surface area contributed by atoms with E-state index in [2.05, 4.69) is 10.3 Å². The van der Waals surface area contributed by atoms with E-state index >= 15 is 0 Å². The molecule has 0 saturated heterocycles. The Bertz CT molecular complexity index is 376. The van der Waals surface area contributed by atoms with E-state index in [1.165, 1.54) is 6.20 Å². The average Bonchev–Trinajstić information content (AvgIpc) is 2.12. The van der Waals surface area contributed by atoms with Gasteiger partial charge in [-0.3, -0.25) is 4.79 Å². The molecule has 5 heteroatoms. The lowest BCUT2D eigenvalue weighted by Crippen LogP contribution is -2.26. The van der Waals surface area contributed by atoms with E-state index in [0.29, 0.717) is 17.3 Å². The molecule has 2 rings (SSSR count). The second-order valence-corrected chi connectivity index (χ2v) is 2.86. The van der Waals surface area contributed by atoms with Gasteiger partial charge in [-0.1, -0.05) is 0 Å². The number of nitrogens with one attached hydrogen (secondary N) is 1. The van der Waals surface area contributed by atoms with Gasteiger partial charge in [0.25, 0.3) is 5.91 Å². The molecule has 0 saturated carbocycles. The largest absolute Gasteiger partial charge is 0.466 e. The summed E-state index contributed by atoms with van der Waals surface area (Å²) in [6.07, 6.45) is 1.52. The van der Waals surface area contributed by atoms with Crippen LogP contribution in [0.15, 0.2) is 6.20 Å². The maximum atomic E-state index is 11.0. The van der Waals surface area contributed by atoms with Gasteiger partial charge in [-0.2, -0.15) is 0 Å². The zero-order valence-electron chi connectivity index (χ0n) is 7.13. The molecular formula is C8H9N3O2. The van der Waals surface area contributed by atoms with Gasteiger partial charge in [0.2, 0.25) is 5.88 Å². The summed E-state index contributed by atoms with van der Waals surface area (Å²) in [5.41, 5.74) is 7.54. The number of anilines is 2. The second-order valence-electron chi connectivity index (χ2n) is 2.86. The Morgan fingerprint density at radius 3 is 3.23 bits per heavy atom. The molecule has 1 amide bonds. The van der Waals surface area contributed by atoms with Crippen molar-refractivity contribution >= 4 is 17.3 Å². The van der Waals surface area contributed by atoms with Crippen LogP contribution in [0.25, 0.3) is 0 Å². The lowest BCUT2D eigenvalue weighted by Gasteiger charge is -2.18. The van der Waals surface area contributed by atoms with Crippen LogP contribution in [0.3, 0.4) is 0 Å². The highest BCUT2D eigenvalue weighted by Crippen LogP contribution is 2.31. The molecule has 68 valence electrons.